The van der Waals surface area contributed by atoms with E-state index in [-0.39, 0.29) is 22.4 Å². The van der Waals surface area contributed by atoms with E-state index in [1.165, 1.54) is 13.2 Å². The molecule has 0 spiro atoms. The van der Waals surface area contributed by atoms with Crippen LogP contribution in [0.4, 0.5) is 5.82 Å². The van der Waals surface area contributed by atoms with Crippen LogP contribution in [-0.2, 0) is 9.53 Å². The molecule has 10 heteroatoms. The number of carboxylic acids is 1. The molecule has 1 aliphatic rings. The van der Waals surface area contributed by atoms with E-state index in [0.29, 0.717) is 19.5 Å². The van der Waals surface area contributed by atoms with Gasteiger partial charge in [0, 0.05) is 20.2 Å². The Kier molecular flexibility index (Phi) is 5.94. The summed E-state index contributed by atoms with van der Waals surface area (Å²) in [6, 6.07) is 0.847. The van der Waals surface area contributed by atoms with E-state index < -0.39 is 29.1 Å². The number of nitrogens with one attached hydrogen (secondary N) is 2. The van der Waals surface area contributed by atoms with Crippen molar-refractivity contribution in [3.8, 4) is 0 Å². The fraction of sp³-hybridized carbons (Fsp3) is 0.562. The molecule has 5 N–H and O–H groups in total. The third-order valence-corrected chi connectivity index (χ3v) is 5.07. The van der Waals surface area contributed by atoms with E-state index in [9.17, 15) is 19.5 Å². The van der Waals surface area contributed by atoms with Crippen molar-refractivity contribution in [2.75, 3.05) is 25.9 Å². The molecule has 0 unspecified atom stereocenters. The first-order valence-electron chi connectivity index (χ1n) is 8.08. The Morgan fingerprint density at radius 3 is 2.73 bits per heavy atom. The summed E-state index contributed by atoms with van der Waals surface area (Å²) in [6.45, 7) is 4.04. The van der Waals surface area contributed by atoms with Crippen molar-refractivity contribution in [2.45, 2.75) is 38.0 Å². The molecule has 2 rings (SSSR count). The minimum absolute atomic E-state index is 0.00723. The number of halogens is 1. The number of H-pyrrole nitrogens is 1. The molecule has 1 fully saturated rings. The summed E-state index contributed by atoms with van der Waals surface area (Å²) in [5, 5.41) is 12.2. The van der Waals surface area contributed by atoms with Crippen molar-refractivity contribution >= 4 is 29.3 Å². The number of aliphatic carboxylic acids is 1. The summed E-state index contributed by atoms with van der Waals surface area (Å²) in [5.41, 5.74) is 3.67. The minimum Gasteiger partial charge on any atom is -0.480 e. The molecule has 1 saturated heterocycles. The van der Waals surface area contributed by atoms with Gasteiger partial charge >= 0.3 is 5.97 Å². The maximum atomic E-state index is 12.5. The number of hydrogen-bond acceptors (Lipinski definition) is 6. The van der Waals surface area contributed by atoms with Crippen molar-refractivity contribution < 1.29 is 19.4 Å². The Morgan fingerprint density at radius 2 is 2.15 bits per heavy atom. The Labute approximate surface area is 155 Å². The highest BCUT2D eigenvalue weighted by Gasteiger charge is 2.41. The first kappa shape index (κ1) is 20.2. The molecule has 144 valence electrons. The lowest BCUT2D eigenvalue weighted by Gasteiger charge is -2.43. The standard InChI is InChI=1S/C16H23ClN4O5/c1-16(2,15(24)25)21-5-4-10(11(7-21)26-3)19-13(22)8-6-9(17)12(18)20-14(8)23/h6,10-11H,4-5,7H2,1-3H3,(H,19,22)(H,24,25)(H3,18,20,23)/t10-,11+/m0/s1. The number of nitrogens with zero attached hydrogens (tertiary/aromatic N) is 1. The molecule has 2 heterocycles. The van der Waals surface area contributed by atoms with Crippen LogP contribution in [0.25, 0.3) is 0 Å². The lowest BCUT2D eigenvalue weighted by Crippen LogP contribution is -2.61. The van der Waals surface area contributed by atoms with Crippen LogP contribution in [0.1, 0.15) is 30.6 Å². The van der Waals surface area contributed by atoms with Crippen LogP contribution in [0.15, 0.2) is 10.9 Å². The van der Waals surface area contributed by atoms with E-state index in [4.69, 9.17) is 22.1 Å². The van der Waals surface area contributed by atoms with Crippen LogP contribution in [0, 0.1) is 0 Å². The van der Waals surface area contributed by atoms with Gasteiger partial charge in [0.2, 0.25) is 0 Å². The van der Waals surface area contributed by atoms with Crippen LogP contribution >= 0.6 is 11.6 Å². The number of methoxy groups -OCH3 is 1. The molecular formula is C16H23ClN4O5. The van der Waals surface area contributed by atoms with Gasteiger partial charge in [-0.1, -0.05) is 11.6 Å². The van der Waals surface area contributed by atoms with Gasteiger partial charge in [0.25, 0.3) is 11.5 Å². The fourth-order valence-electron chi connectivity index (χ4n) is 2.90. The number of hydrogen-bond donors (Lipinski definition) is 4. The largest absolute Gasteiger partial charge is 0.480 e. The molecule has 0 bridgehead atoms. The number of rotatable bonds is 5. The highest BCUT2D eigenvalue weighted by molar-refractivity contribution is 6.33. The van der Waals surface area contributed by atoms with Crippen LogP contribution < -0.4 is 16.6 Å². The normalized spacial score (nSPS) is 21.4. The number of carbonyl (C=O) groups is 2. The number of anilines is 1. The van der Waals surface area contributed by atoms with Gasteiger partial charge < -0.3 is 25.9 Å². The number of carbonyl (C=O) groups excluding carboxylic acids is 1. The second-order valence-electron chi connectivity index (χ2n) is 6.73. The number of aromatic nitrogens is 1. The number of nitrogens with two attached hydrogens (primary N) is 1. The fourth-order valence-corrected chi connectivity index (χ4v) is 3.05. The van der Waals surface area contributed by atoms with Gasteiger partial charge in [-0.25, -0.2) is 0 Å². The smallest absolute Gasteiger partial charge is 0.323 e. The molecule has 1 aliphatic heterocycles. The van der Waals surface area contributed by atoms with Crippen molar-refractivity contribution in [1.29, 1.82) is 0 Å². The third-order valence-electron chi connectivity index (χ3n) is 4.76. The third kappa shape index (κ3) is 4.00. The molecule has 0 saturated carbocycles. The summed E-state index contributed by atoms with van der Waals surface area (Å²) in [6.07, 6.45) is 0.0522. The first-order valence-corrected chi connectivity index (χ1v) is 8.46. The van der Waals surface area contributed by atoms with Gasteiger partial charge in [0.15, 0.2) is 0 Å². The molecule has 0 aromatic carbocycles. The molecular weight excluding hydrogens is 364 g/mol. The topological polar surface area (TPSA) is 138 Å². The summed E-state index contributed by atoms with van der Waals surface area (Å²) in [7, 11) is 1.49. The summed E-state index contributed by atoms with van der Waals surface area (Å²) in [4.78, 5) is 39.9. The van der Waals surface area contributed by atoms with Crippen LogP contribution in [0.2, 0.25) is 5.02 Å². The van der Waals surface area contributed by atoms with Crippen molar-refractivity contribution in [3.63, 3.8) is 0 Å². The highest BCUT2D eigenvalue weighted by Crippen LogP contribution is 2.23. The Hall–Kier alpha value is -2.10. The number of amides is 1. The monoisotopic (exact) mass is 386 g/mol. The molecule has 1 aromatic heterocycles. The second-order valence-corrected chi connectivity index (χ2v) is 7.13. The van der Waals surface area contributed by atoms with Crippen molar-refractivity contribution in [2.24, 2.45) is 0 Å². The first-order chi connectivity index (χ1) is 12.1. The molecule has 1 amide bonds. The maximum absolute atomic E-state index is 12.5. The average Bonchev–Trinajstić information content (AvgIpc) is 2.57. The molecule has 0 radical (unpaired) electrons. The maximum Gasteiger partial charge on any atom is 0.323 e. The number of carboxylic acid groups (broad SMARTS) is 1. The van der Waals surface area contributed by atoms with E-state index >= 15 is 0 Å². The predicted octanol–water partition coefficient (Wildman–Crippen LogP) is 0.293. The average molecular weight is 387 g/mol. The van der Waals surface area contributed by atoms with Crippen LogP contribution in [0.3, 0.4) is 0 Å². The summed E-state index contributed by atoms with van der Waals surface area (Å²) in [5.74, 6) is -1.53. The van der Waals surface area contributed by atoms with Gasteiger partial charge in [0.05, 0.1) is 17.2 Å². The SMILES string of the molecule is CO[C@@H]1CN(C(C)(C)C(=O)O)CC[C@@H]1NC(=O)c1cc(Cl)c(N)[nH]c1=O. The van der Waals surface area contributed by atoms with Gasteiger partial charge in [-0.15, -0.1) is 0 Å². The highest BCUT2D eigenvalue weighted by atomic mass is 35.5. The summed E-state index contributed by atoms with van der Waals surface area (Å²) >= 11 is 5.87. The number of likely N-dealkylation sites (tertiary alicyclic amines) is 1. The molecule has 9 nitrogen and oxygen atoms in total. The Balaban J connectivity index is 2.13. The van der Waals surface area contributed by atoms with E-state index in [0.717, 1.165) is 0 Å². The predicted molar refractivity (Wildman–Crippen MR) is 96.4 cm³/mol. The molecule has 26 heavy (non-hydrogen) atoms. The molecule has 0 aliphatic carbocycles. The van der Waals surface area contributed by atoms with E-state index in [1.54, 1.807) is 18.7 Å². The number of pyridine rings is 1. The lowest BCUT2D eigenvalue weighted by molar-refractivity contribution is -0.152. The number of ether oxygens (including phenoxy) is 1. The number of nitrogen functional groups attached to an aromatic ring is 1. The van der Waals surface area contributed by atoms with Gasteiger partial charge in [-0.05, 0) is 26.3 Å². The van der Waals surface area contributed by atoms with Gasteiger partial charge in [-0.3, -0.25) is 19.3 Å². The zero-order valence-corrected chi connectivity index (χ0v) is 15.6. The Morgan fingerprint density at radius 1 is 1.50 bits per heavy atom. The quantitative estimate of drug-likeness (QED) is 0.570. The van der Waals surface area contributed by atoms with Gasteiger partial charge in [-0.2, -0.15) is 0 Å². The minimum atomic E-state index is -1.05. The molecule has 2 atom stereocenters. The second kappa shape index (κ2) is 7.65. The van der Waals surface area contributed by atoms with Crippen molar-refractivity contribution in [3.05, 3.63) is 27.0 Å². The lowest BCUT2D eigenvalue weighted by atomic mass is 9.94. The number of piperidine rings is 1. The van der Waals surface area contributed by atoms with Gasteiger partial charge in [0.1, 0.15) is 16.9 Å². The zero-order valence-electron chi connectivity index (χ0n) is 14.8. The van der Waals surface area contributed by atoms with E-state index in [2.05, 4.69) is 10.3 Å². The van der Waals surface area contributed by atoms with E-state index in [1.807, 2.05) is 0 Å². The van der Waals surface area contributed by atoms with Crippen LogP contribution in [0.5, 0.6) is 0 Å². The zero-order chi connectivity index (χ0) is 19.6. The van der Waals surface area contributed by atoms with Crippen LogP contribution in [-0.4, -0.2) is 64.8 Å². The summed E-state index contributed by atoms with van der Waals surface area (Å²) < 4.78 is 5.44. The van der Waals surface area contributed by atoms with Crippen molar-refractivity contribution in [1.82, 2.24) is 15.2 Å². The number of aromatic amines is 1. The molecule has 1 aromatic rings. The Bertz CT molecular complexity index is 763.